The Morgan fingerprint density at radius 1 is 1.15 bits per heavy atom. The van der Waals surface area contributed by atoms with Crippen LogP contribution in [-0.2, 0) is 26.2 Å². The first-order valence-electron chi connectivity index (χ1n) is 12.0. The molecule has 0 saturated heterocycles. The number of halogens is 1. The normalized spacial score (nSPS) is 21.2. The Morgan fingerprint density at radius 3 is 2.53 bits per heavy atom. The van der Waals surface area contributed by atoms with Gasteiger partial charge in [0.15, 0.2) is 13.9 Å². The molecule has 0 amide bonds. The third-order valence-electron chi connectivity index (χ3n) is 7.76. The second-order valence-corrected chi connectivity index (χ2v) is 13.8. The first-order valence-corrected chi connectivity index (χ1v) is 14.6. The number of rotatable bonds is 6. The van der Waals surface area contributed by atoms with Gasteiger partial charge in [-0.05, 0) is 42.8 Å². The summed E-state index contributed by atoms with van der Waals surface area (Å²) in [6.45, 7) is 7.96. The van der Waals surface area contributed by atoms with Gasteiger partial charge in [0, 0.05) is 16.5 Å². The highest BCUT2D eigenvalue weighted by molar-refractivity contribution is 6.73. The van der Waals surface area contributed by atoms with E-state index in [4.69, 9.17) is 14.1 Å². The van der Waals surface area contributed by atoms with Crippen molar-refractivity contribution in [2.24, 2.45) is 0 Å². The molecule has 2 aromatic heterocycles. The van der Waals surface area contributed by atoms with Gasteiger partial charge in [-0.1, -0.05) is 45.9 Å². The number of esters is 1. The third-order valence-corrected chi connectivity index (χ3v) is 12.4. The summed E-state index contributed by atoms with van der Waals surface area (Å²) in [5.74, 6) is -0.472. The minimum atomic E-state index is -2.27. The number of aromatic nitrogens is 2. The molecule has 1 aromatic carbocycles. The lowest BCUT2D eigenvalue weighted by Gasteiger charge is -2.43. The average molecular weight is 481 g/mol. The first-order chi connectivity index (χ1) is 16.3. The summed E-state index contributed by atoms with van der Waals surface area (Å²) < 4.78 is 29.1. The molecule has 1 unspecified atom stereocenters. The number of ether oxygens (including phenoxy) is 1. The van der Waals surface area contributed by atoms with Gasteiger partial charge in [-0.25, -0.2) is 14.2 Å². The predicted molar refractivity (Wildman–Crippen MR) is 131 cm³/mol. The maximum atomic E-state index is 15.6. The number of fused-ring (bicyclic) bond motifs is 5. The summed E-state index contributed by atoms with van der Waals surface area (Å²) in [5, 5.41) is 0.809. The molecule has 0 N–H and O–H groups in total. The van der Waals surface area contributed by atoms with Gasteiger partial charge < -0.3 is 9.16 Å². The highest BCUT2D eigenvalue weighted by Gasteiger charge is 2.52. The molecule has 2 aliphatic heterocycles. The smallest absolute Gasteiger partial charge is 0.342 e. The van der Waals surface area contributed by atoms with Crippen molar-refractivity contribution in [2.75, 3.05) is 0 Å². The van der Waals surface area contributed by atoms with E-state index in [1.54, 1.807) is 12.1 Å². The second kappa shape index (κ2) is 8.13. The molecule has 178 valence electrons. The Balaban J connectivity index is 1.78. The fourth-order valence-electron chi connectivity index (χ4n) is 5.43. The van der Waals surface area contributed by atoms with Crippen LogP contribution in [0.5, 0.6) is 0 Å². The molecule has 4 heterocycles. The van der Waals surface area contributed by atoms with Crippen LogP contribution in [0.4, 0.5) is 4.39 Å². The summed E-state index contributed by atoms with van der Waals surface area (Å²) in [5.41, 5.74) is 0.813. The van der Waals surface area contributed by atoms with Crippen molar-refractivity contribution in [1.29, 1.82) is 0 Å². The van der Waals surface area contributed by atoms with E-state index in [9.17, 15) is 9.59 Å². The second-order valence-electron chi connectivity index (χ2n) is 9.15. The number of carbonyl (C=O) groups excluding carboxylic acids is 1. The van der Waals surface area contributed by atoms with Crippen LogP contribution in [-0.4, -0.2) is 23.8 Å². The van der Waals surface area contributed by atoms with Crippen LogP contribution >= 0.6 is 0 Å². The van der Waals surface area contributed by atoms with Gasteiger partial charge in [-0.3, -0.25) is 9.36 Å². The van der Waals surface area contributed by atoms with E-state index >= 15 is 4.39 Å². The highest BCUT2D eigenvalue weighted by atomic mass is 28.4. The Kier molecular flexibility index (Phi) is 5.48. The number of nitrogens with zero attached hydrogens (tertiary/aromatic N) is 2. The quantitative estimate of drug-likeness (QED) is 0.340. The molecule has 34 heavy (non-hydrogen) atoms. The molecular weight excluding hydrogens is 451 g/mol. The molecule has 2 atom stereocenters. The minimum absolute atomic E-state index is 0.185. The van der Waals surface area contributed by atoms with Gasteiger partial charge in [-0.15, -0.1) is 0 Å². The lowest BCUT2D eigenvalue weighted by atomic mass is 9.86. The standard InChI is InChI=1S/C26H29FN2O4Si/c1-5-26(33-34(6-2,7-3)8-4)19-14-21-22-17(13-16-11-9-10-12-20(16)28-22)23(27)29(21)24(30)18(19)15-32-25(26)31/h9-14,23H,5-8,15H2,1-4H3/t23?,26-/m0/s1. The van der Waals surface area contributed by atoms with Gasteiger partial charge in [0.05, 0.1) is 22.5 Å². The topological polar surface area (TPSA) is 70.4 Å². The fourth-order valence-corrected chi connectivity index (χ4v) is 8.44. The monoisotopic (exact) mass is 480 g/mol. The van der Waals surface area contributed by atoms with Crippen LogP contribution in [0, 0.1) is 0 Å². The predicted octanol–water partition coefficient (Wildman–Crippen LogP) is 5.58. The molecule has 0 fully saturated rings. The fraction of sp³-hybridized carbons (Fsp3) is 0.423. The lowest BCUT2D eigenvalue weighted by molar-refractivity contribution is -0.170. The van der Waals surface area contributed by atoms with E-state index < -0.39 is 31.7 Å². The summed E-state index contributed by atoms with van der Waals surface area (Å²) in [6.07, 6.45) is -1.32. The maximum Gasteiger partial charge on any atom is 0.342 e. The summed E-state index contributed by atoms with van der Waals surface area (Å²) in [6, 6.07) is 13.5. The summed E-state index contributed by atoms with van der Waals surface area (Å²) in [4.78, 5) is 31.6. The Morgan fingerprint density at radius 2 is 1.85 bits per heavy atom. The molecule has 0 aliphatic carbocycles. The SMILES string of the molecule is CC[C@@]1(O[Si](CC)(CC)CC)C(=O)OCc2c1cc1n(c2=O)C(F)c2cc3ccccc3nc2-1. The van der Waals surface area contributed by atoms with Gasteiger partial charge >= 0.3 is 5.97 Å². The van der Waals surface area contributed by atoms with Gasteiger partial charge in [0.2, 0.25) is 6.30 Å². The van der Waals surface area contributed by atoms with Gasteiger partial charge in [-0.2, -0.15) is 0 Å². The van der Waals surface area contributed by atoms with Crippen molar-refractivity contribution in [1.82, 2.24) is 9.55 Å². The van der Waals surface area contributed by atoms with Crippen molar-refractivity contribution in [2.45, 2.75) is 70.8 Å². The van der Waals surface area contributed by atoms with Gasteiger partial charge in [0.1, 0.15) is 6.61 Å². The first kappa shape index (κ1) is 22.9. The molecule has 0 radical (unpaired) electrons. The largest absolute Gasteiger partial charge is 0.458 e. The zero-order chi connectivity index (χ0) is 24.3. The molecule has 5 rings (SSSR count). The van der Waals surface area contributed by atoms with Crippen LogP contribution in [0.15, 0.2) is 41.2 Å². The number of pyridine rings is 2. The number of para-hydroxylation sites is 1. The van der Waals surface area contributed by atoms with Crippen LogP contribution in [0.25, 0.3) is 22.3 Å². The minimum Gasteiger partial charge on any atom is -0.458 e. The van der Waals surface area contributed by atoms with Crippen molar-refractivity contribution >= 4 is 25.2 Å². The van der Waals surface area contributed by atoms with E-state index in [1.165, 1.54) is 0 Å². The van der Waals surface area contributed by atoms with Crippen molar-refractivity contribution < 1.29 is 18.3 Å². The lowest BCUT2D eigenvalue weighted by Crippen LogP contribution is -2.53. The summed E-state index contributed by atoms with van der Waals surface area (Å²) in [7, 11) is -2.27. The van der Waals surface area contributed by atoms with Gasteiger partial charge in [0.25, 0.3) is 5.56 Å². The number of hydrogen-bond donors (Lipinski definition) is 0. The molecule has 8 heteroatoms. The number of benzene rings is 1. The van der Waals surface area contributed by atoms with E-state index in [0.29, 0.717) is 28.9 Å². The molecular formula is C26H29FN2O4Si. The van der Waals surface area contributed by atoms with Crippen molar-refractivity contribution in [3.05, 3.63) is 63.4 Å². The Hall–Kier alpha value is -2.84. The van der Waals surface area contributed by atoms with E-state index in [2.05, 4.69) is 20.8 Å². The van der Waals surface area contributed by atoms with E-state index in [-0.39, 0.29) is 12.2 Å². The zero-order valence-electron chi connectivity index (χ0n) is 20.0. The molecule has 3 aromatic rings. The van der Waals surface area contributed by atoms with E-state index in [0.717, 1.165) is 33.6 Å². The number of alkyl halides is 1. The number of carbonyl (C=O) groups is 1. The molecule has 6 nitrogen and oxygen atoms in total. The Bertz CT molecular complexity index is 1360. The Labute approximate surface area is 198 Å². The van der Waals surface area contributed by atoms with E-state index in [1.807, 2.05) is 31.2 Å². The third kappa shape index (κ3) is 3.04. The molecule has 0 saturated carbocycles. The molecule has 2 aliphatic rings. The number of cyclic esters (lactones) is 1. The molecule has 0 spiro atoms. The highest BCUT2D eigenvalue weighted by Crippen LogP contribution is 2.46. The maximum absolute atomic E-state index is 15.6. The molecule has 0 bridgehead atoms. The summed E-state index contributed by atoms with van der Waals surface area (Å²) >= 11 is 0. The van der Waals surface area contributed by atoms with Crippen molar-refractivity contribution in [3.8, 4) is 11.4 Å². The van der Waals surface area contributed by atoms with Crippen molar-refractivity contribution in [3.63, 3.8) is 0 Å². The van der Waals surface area contributed by atoms with Crippen LogP contribution in [0.3, 0.4) is 0 Å². The van der Waals surface area contributed by atoms with Crippen LogP contribution < -0.4 is 5.56 Å². The van der Waals surface area contributed by atoms with Crippen LogP contribution in [0.2, 0.25) is 18.1 Å². The number of hydrogen-bond acceptors (Lipinski definition) is 5. The zero-order valence-corrected chi connectivity index (χ0v) is 21.0. The van der Waals surface area contributed by atoms with Crippen LogP contribution in [0.1, 0.15) is 57.1 Å². The average Bonchev–Trinajstić information content (AvgIpc) is 3.14.